The first-order valence-electron chi connectivity index (χ1n) is 8.12. The number of nitrogens with zero attached hydrogens (tertiary/aromatic N) is 5. The molecule has 23 heavy (non-hydrogen) atoms. The van der Waals surface area contributed by atoms with E-state index in [-0.39, 0.29) is 0 Å². The lowest BCUT2D eigenvalue weighted by Gasteiger charge is -2.27. The Morgan fingerprint density at radius 2 is 2.00 bits per heavy atom. The van der Waals surface area contributed by atoms with E-state index < -0.39 is 5.91 Å². The highest BCUT2D eigenvalue weighted by Gasteiger charge is 2.28. The van der Waals surface area contributed by atoms with Crippen molar-refractivity contribution in [3.8, 4) is 11.4 Å². The number of aryl methyl sites for hydroxylation is 2. The third-order valence-electron chi connectivity index (χ3n) is 4.74. The molecule has 0 aromatic carbocycles. The number of hydrogen-bond donors (Lipinski definition) is 1. The van der Waals surface area contributed by atoms with Gasteiger partial charge in [-0.3, -0.25) is 9.48 Å². The van der Waals surface area contributed by atoms with E-state index in [1.54, 1.807) is 4.68 Å². The Morgan fingerprint density at radius 1 is 1.22 bits per heavy atom. The van der Waals surface area contributed by atoms with Crippen molar-refractivity contribution in [1.29, 1.82) is 0 Å². The highest BCUT2D eigenvalue weighted by Crippen LogP contribution is 2.34. The lowest BCUT2D eigenvalue weighted by Crippen LogP contribution is -2.31. The molecule has 1 aliphatic carbocycles. The third-order valence-corrected chi connectivity index (χ3v) is 4.74. The molecule has 4 rings (SSSR count). The predicted molar refractivity (Wildman–Crippen MR) is 86.2 cm³/mol. The first-order valence-corrected chi connectivity index (χ1v) is 8.12. The van der Waals surface area contributed by atoms with Crippen molar-refractivity contribution in [3.05, 3.63) is 23.0 Å². The molecule has 0 unspecified atom stereocenters. The molecule has 2 aliphatic rings. The Bertz CT molecular complexity index is 775. The van der Waals surface area contributed by atoms with Gasteiger partial charge in [-0.25, -0.2) is 9.97 Å². The van der Waals surface area contributed by atoms with Gasteiger partial charge < -0.3 is 10.6 Å². The van der Waals surface area contributed by atoms with Crippen molar-refractivity contribution < 1.29 is 4.79 Å². The quantitative estimate of drug-likeness (QED) is 0.895. The topological polar surface area (TPSA) is 89.9 Å². The number of primary amides is 1. The molecule has 0 saturated carbocycles. The summed E-state index contributed by atoms with van der Waals surface area (Å²) in [5.74, 6) is 0.300. The van der Waals surface area contributed by atoms with Crippen molar-refractivity contribution in [3.63, 3.8) is 0 Å². The second kappa shape index (κ2) is 5.33. The molecule has 7 heteroatoms. The van der Waals surface area contributed by atoms with Crippen molar-refractivity contribution in [1.82, 2.24) is 19.7 Å². The minimum atomic E-state index is -0.476. The highest BCUT2D eigenvalue weighted by molar-refractivity contribution is 5.94. The fraction of sp³-hybridized carbons (Fsp3) is 0.500. The maximum absolute atomic E-state index is 11.6. The zero-order valence-electron chi connectivity index (χ0n) is 13.2. The average molecular weight is 312 g/mol. The molecule has 0 atom stereocenters. The van der Waals surface area contributed by atoms with E-state index in [1.807, 2.05) is 13.2 Å². The van der Waals surface area contributed by atoms with Crippen LogP contribution in [0.3, 0.4) is 0 Å². The fourth-order valence-electron chi connectivity index (χ4n) is 3.59. The van der Waals surface area contributed by atoms with Crippen LogP contribution in [0.25, 0.3) is 11.4 Å². The van der Waals surface area contributed by atoms with Gasteiger partial charge in [0, 0.05) is 31.9 Å². The number of fused-ring (bicyclic) bond motifs is 3. The second-order valence-electron chi connectivity index (χ2n) is 6.26. The Balaban J connectivity index is 1.81. The van der Waals surface area contributed by atoms with E-state index in [0.717, 1.165) is 54.4 Å². The highest BCUT2D eigenvalue weighted by atomic mass is 16.1. The van der Waals surface area contributed by atoms with Crippen LogP contribution in [0.5, 0.6) is 0 Å². The smallest absolute Gasteiger partial charge is 0.269 e. The van der Waals surface area contributed by atoms with Crippen LogP contribution in [-0.2, 0) is 19.9 Å². The van der Waals surface area contributed by atoms with Gasteiger partial charge in [-0.2, -0.15) is 5.10 Å². The SMILES string of the molecule is Cn1nc(C(N)=O)c2c1-c1nc(N3CCCCC3)ncc1CC2. The van der Waals surface area contributed by atoms with Crippen molar-refractivity contribution in [2.45, 2.75) is 32.1 Å². The number of nitrogens with two attached hydrogens (primary N) is 1. The first-order chi connectivity index (χ1) is 11.1. The number of piperidine rings is 1. The number of anilines is 1. The van der Waals surface area contributed by atoms with Gasteiger partial charge in [-0.15, -0.1) is 0 Å². The van der Waals surface area contributed by atoms with Crippen LogP contribution in [0.1, 0.15) is 40.9 Å². The lowest BCUT2D eigenvalue weighted by atomic mass is 9.93. The molecule has 120 valence electrons. The molecule has 0 radical (unpaired) electrons. The Labute approximate surface area is 134 Å². The summed E-state index contributed by atoms with van der Waals surface area (Å²) in [6, 6.07) is 0. The number of rotatable bonds is 2. The van der Waals surface area contributed by atoms with Gasteiger partial charge in [0.1, 0.15) is 0 Å². The molecule has 0 bridgehead atoms. The molecule has 3 heterocycles. The van der Waals surface area contributed by atoms with Gasteiger partial charge in [-0.05, 0) is 37.7 Å². The van der Waals surface area contributed by atoms with Crippen LogP contribution in [0.2, 0.25) is 0 Å². The zero-order chi connectivity index (χ0) is 16.0. The molecule has 2 aromatic rings. The standard InChI is InChI=1S/C16H20N6O/c1-21-14-11(13(20-21)15(17)23)6-5-10-9-18-16(19-12(10)14)22-7-3-2-4-8-22/h9H,2-8H2,1H3,(H2,17,23). The summed E-state index contributed by atoms with van der Waals surface area (Å²) in [5.41, 5.74) is 9.65. The maximum Gasteiger partial charge on any atom is 0.269 e. The Kier molecular flexibility index (Phi) is 3.28. The van der Waals surface area contributed by atoms with E-state index in [0.29, 0.717) is 5.69 Å². The largest absolute Gasteiger partial charge is 0.364 e. The van der Waals surface area contributed by atoms with E-state index >= 15 is 0 Å². The maximum atomic E-state index is 11.6. The number of amides is 1. The van der Waals surface area contributed by atoms with Crippen LogP contribution >= 0.6 is 0 Å². The molecule has 1 aliphatic heterocycles. The fourth-order valence-corrected chi connectivity index (χ4v) is 3.59. The van der Waals surface area contributed by atoms with Gasteiger partial charge in [-0.1, -0.05) is 0 Å². The van der Waals surface area contributed by atoms with Crippen LogP contribution in [0.15, 0.2) is 6.20 Å². The Hall–Kier alpha value is -2.44. The van der Waals surface area contributed by atoms with E-state index in [4.69, 9.17) is 10.7 Å². The number of aromatic nitrogens is 4. The molecule has 2 aromatic heterocycles. The summed E-state index contributed by atoms with van der Waals surface area (Å²) in [6.07, 6.45) is 7.13. The first kappa shape index (κ1) is 14.2. The molecular weight excluding hydrogens is 292 g/mol. The van der Waals surface area contributed by atoms with Crippen LogP contribution in [0, 0.1) is 0 Å². The van der Waals surface area contributed by atoms with Crippen molar-refractivity contribution in [2.24, 2.45) is 12.8 Å². The van der Waals surface area contributed by atoms with Gasteiger partial charge in [0.05, 0.1) is 11.4 Å². The van der Waals surface area contributed by atoms with Gasteiger partial charge >= 0.3 is 0 Å². The van der Waals surface area contributed by atoms with Gasteiger partial charge in [0.2, 0.25) is 5.95 Å². The summed E-state index contributed by atoms with van der Waals surface area (Å²) in [4.78, 5) is 23.2. The number of hydrogen-bond acceptors (Lipinski definition) is 5. The lowest BCUT2D eigenvalue weighted by molar-refractivity contribution is 0.0994. The minimum absolute atomic E-state index is 0.367. The Morgan fingerprint density at radius 3 is 2.74 bits per heavy atom. The van der Waals surface area contributed by atoms with Crippen molar-refractivity contribution >= 4 is 11.9 Å². The molecule has 0 spiro atoms. The van der Waals surface area contributed by atoms with E-state index in [1.165, 1.54) is 19.3 Å². The molecular formula is C16H20N6O. The monoisotopic (exact) mass is 312 g/mol. The number of carbonyl (C=O) groups excluding carboxylic acids is 1. The summed E-state index contributed by atoms with van der Waals surface area (Å²) >= 11 is 0. The summed E-state index contributed by atoms with van der Waals surface area (Å²) in [7, 11) is 1.84. The summed E-state index contributed by atoms with van der Waals surface area (Å²) in [6.45, 7) is 2.01. The molecule has 7 nitrogen and oxygen atoms in total. The van der Waals surface area contributed by atoms with Crippen LogP contribution in [0.4, 0.5) is 5.95 Å². The number of carbonyl (C=O) groups is 1. The third kappa shape index (κ3) is 2.27. The van der Waals surface area contributed by atoms with Crippen LogP contribution < -0.4 is 10.6 Å². The second-order valence-corrected chi connectivity index (χ2v) is 6.26. The van der Waals surface area contributed by atoms with Gasteiger partial charge in [0.15, 0.2) is 5.69 Å². The summed E-state index contributed by atoms with van der Waals surface area (Å²) in [5, 5.41) is 4.30. The summed E-state index contributed by atoms with van der Waals surface area (Å²) < 4.78 is 1.72. The van der Waals surface area contributed by atoms with E-state index in [9.17, 15) is 4.79 Å². The molecule has 2 N–H and O–H groups in total. The molecule has 1 saturated heterocycles. The van der Waals surface area contributed by atoms with E-state index in [2.05, 4.69) is 15.0 Å². The van der Waals surface area contributed by atoms with Gasteiger partial charge in [0.25, 0.3) is 5.91 Å². The van der Waals surface area contributed by atoms with Crippen molar-refractivity contribution in [2.75, 3.05) is 18.0 Å². The normalized spacial score (nSPS) is 16.8. The van der Waals surface area contributed by atoms with Crippen LogP contribution in [-0.4, -0.2) is 38.7 Å². The zero-order valence-corrected chi connectivity index (χ0v) is 13.2. The molecule has 1 fully saturated rings. The predicted octanol–water partition coefficient (Wildman–Crippen LogP) is 1.06. The molecule has 1 amide bonds. The average Bonchev–Trinajstić information content (AvgIpc) is 2.93. The minimum Gasteiger partial charge on any atom is -0.364 e.